The van der Waals surface area contributed by atoms with E-state index in [2.05, 4.69) is 4.84 Å². The fraction of sp³-hybridized carbons (Fsp3) is 0.200. The summed E-state index contributed by atoms with van der Waals surface area (Å²) in [6.45, 7) is 0. The molecule has 1 heterocycles. The van der Waals surface area contributed by atoms with Crippen LogP contribution in [-0.2, 0) is 14.4 Å². The number of hydrogen-bond acceptors (Lipinski definition) is 3. The smallest absolute Gasteiger partial charge is 0.260 e. The lowest BCUT2D eigenvalue weighted by Gasteiger charge is -1.94. The van der Waals surface area contributed by atoms with Gasteiger partial charge in [-0.2, -0.15) is 5.48 Å². The van der Waals surface area contributed by atoms with Crippen LogP contribution in [-0.4, -0.2) is 11.7 Å². The van der Waals surface area contributed by atoms with Crippen LogP contribution in [0.4, 0.5) is 0 Å². The van der Waals surface area contributed by atoms with Crippen molar-refractivity contribution in [2.75, 3.05) is 0 Å². The van der Waals surface area contributed by atoms with Gasteiger partial charge in [0.1, 0.15) is 6.26 Å². The van der Waals surface area contributed by atoms with E-state index in [1.807, 2.05) is 5.48 Å². The highest BCUT2D eigenvalue weighted by molar-refractivity contribution is 6.03. The number of amides is 1. The Labute approximate surface area is 51.4 Å². The van der Waals surface area contributed by atoms with Gasteiger partial charge in [0.05, 0.1) is 6.42 Å². The van der Waals surface area contributed by atoms with Gasteiger partial charge in [-0.3, -0.25) is 9.59 Å². The standard InChI is InChI=1S/C5H5NO3/c7-4-1-2-9-6-5(8)3-4/h1-2H,3H2,(H,6,8). The van der Waals surface area contributed by atoms with E-state index in [-0.39, 0.29) is 12.2 Å². The Kier molecular flexibility index (Phi) is 1.48. The molecule has 1 N–H and O–H groups in total. The minimum atomic E-state index is -0.412. The fourth-order valence-corrected chi connectivity index (χ4v) is 0.463. The number of nitrogens with one attached hydrogen (secondary N) is 1. The van der Waals surface area contributed by atoms with Gasteiger partial charge < -0.3 is 4.84 Å². The van der Waals surface area contributed by atoms with Crippen LogP contribution in [0.25, 0.3) is 0 Å². The average molecular weight is 127 g/mol. The number of carbonyl (C=O) groups excluding carboxylic acids is 2. The number of allylic oxidation sites excluding steroid dienone is 1. The Morgan fingerprint density at radius 2 is 2.33 bits per heavy atom. The lowest BCUT2D eigenvalue weighted by Crippen LogP contribution is -2.20. The van der Waals surface area contributed by atoms with Crippen LogP contribution in [0.15, 0.2) is 12.3 Å². The van der Waals surface area contributed by atoms with Crippen LogP contribution in [0, 0.1) is 0 Å². The molecule has 0 fully saturated rings. The van der Waals surface area contributed by atoms with E-state index in [1.165, 1.54) is 6.08 Å². The molecule has 9 heavy (non-hydrogen) atoms. The highest BCUT2D eigenvalue weighted by atomic mass is 16.6. The van der Waals surface area contributed by atoms with E-state index < -0.39 is 5.91 Å². The first-order valence-electron chi connectivity index (χ1n) is 2.43. The van der Waals surface area contributed by atoms with Gasteiger partial charge >= 0.3 is 0 Å². The van der Waals surface area contributed by atoms with E-state index >= 15 is 0 Å². The topological polar surface area (TPSA) is 55.4 Å². The summed E-state index contributed by atoms with van der Waals surface area (Å²) in [5, 5.41) is 0. The van der Waals surface area contributed by atoms with Crippen LogP contribution in [0.3, 0.4) is 0 Å². The summed E-state index contributed by atoms with van der Waals surface area (Å²) in [7, 11) is 0. The fourth-order valence-electron chi connectivity index (χ4n) is 0.463. The first-order chi connectivity index (χ1) is 4.29. The number of carbonyl (C=O) groups is 2. The number of hydrogen-bond donors (Lipinski definition) is 1. The van der Waals surface area contributed by atoms with Gasteiger partial charge in [-0.25, -0.2) is 0 Å². The summed E-state index contributed by atoms with van der Waals surface area (Å²) in [6.07, 6.45) is 2.22. The minimum absolute atomic E-state index is 0.128. The molecule has 0 aliphatic carbocycles. The summed E-state index contributed by atoms with van der Waals surface area (Å²) in [6, 6.07) is 0. The van der Waals surface area contributed by atoms with Gasteiger partial charge in [-0.05, 0) is 0 Å². The third-order valence-corrected chi connectivity index (χ3v) is 0.830. The third kappa shape index (κ3) is 1.56. The van der Waals surface area contributed by atoms with Crippen molar-refractivity contribution in [2.45, 2.75) is 6.42 Å². The van der Waals surface area contributed by atoms with Crippen molar-refractivity contribution in [3.8, 4) is 0 Å². The predicted octanol–water partition coefficient (Wildman–Crippen LogP) is -0.479. The SMILES string of the molecule is O=C1C=CONC(=O)C1. The van der Waals surface area contributed by atoms with Crippen molar-refractivity contribution in [1.29, 1.82) is 0 Å². The Morgan fingerprint density at radius 1 is 1.56 bits per heavy atom. The second-order valence-electron chi connectivity index (χ2n) is 1.59. The number of rotatable bonds is 0. The highest BCUT2D eigenvalue weighted by Gasteiger charge is 2.08. The maximum absolute atomic E-state index is 10.5. The molecule has 4 nitrogen and oxygen atoms in total. The van der Waals surface area contributed by atoms with Gasteiger partial charge in [0.25, 0.3) is 5.91 Å². The van der Waals surface area contributed by atoms with E-state index in [9.17, 15) is 9.59 Å². The van der Waals surface area contributed by atoms with Crippen molar-refractivity contribution in [2.24, 2.45) is 0 Å². The van der Waals surface area contributed by atoms with Crippen molar-refractivity contribution in [3.63, 3.8) is 0 Å². The highest BCUT2D eigenvalue weighted by Crippen LogP contribution is 1.90. The number of hydroxylamine groups is 1. The van der Waals surface area contributed by atoms with Crippen LogP contribution in [0.1, 0.15) is 6.42 Å². The molecule has 0 radical (unpaired) electrons. The molecule has 0 saturated heterocycles. The molecule has 0 saturated carbocycles. The Bertz CT molecular complexity index is 173. The second-order valence-corrected chi connectivity index (χ2v) is 1.59. The van der Waals surface area contributed by atoms with Crippen molar-refractivity contribution >= 4 is 11.7 Å². The second kappa shape index (κ2) is 2.30. The summed E-state index contributed by atoms with van der Waals surface area (Å²) in [4.78, 5) is 25.2. The van der Waals surface area contributed by atoms with E-state index in [4.69, 9.17) is 0 Å². The number of ketones is 1. The molecular formula is C5H5NO3. The quantitative estimate of drug-likeness (QED) is 0.447. The normalized spacial score (nSPS) is 18.2. The lowest BCUT2D eigenvalue weighted by molar-refractivity contribution is -0.131. The van der Waals surface area contributed by atoms with Gasteiger partial charge in [0, 0.05) is 6.08 Å². The van der Waals surface area contributed by atoms with E-state index in [0.717, 1.165) is 6.26 Å². The van der Waals surface area contributed by atoms with E-state index in [1.54, 1.807) is 0 Å². The maximum Gasteiger partial charge on any atom is 0.260 e. The molecule has 0 aromatic heterocycles. The van der Waals surface area contributed by atoms with Crippen molar-refractivity contribution in [3.05, 3.63) is 12.3 Å². The molecular weight excluding hydrogens is 122 g/mol. The zero-order chi connectivity index (χ0) is 6.69. The van der Waals surface area contributed by atoms with Gasteiger partial charge in [-0.1, -0.05) is 0 Å². The molecule has 0 unspecified atom stereocenters. The molecule has 0 aromatic rings. The first-order valence-corrected chi connectivity index (χ1v) is 2.43. The molecule has 1 aliphatic rings. The molecule has 1 aliphatic heterocycles. The molecule has 1 rings (SSSR count). The molecule has 0 bridgehead atoms. The third-order valence-electron chi connectivity index (χ3n) is 0.830. The monoisotopic (exact) mass is 127 g/mol. The Hall–Kier alpha value is -1.32. The summed E-state index contributed by atoms with van der Waals surface area (Å²) in [5.41, 5.74) is 2.03. The predicted molar refractivity (Wildman–Crippen MR) is 28.0 cm³/mol. The van der Waals surface area contributed by atoms with Gasteiger partial charge in [0.15, 0.2) is 5.78 Å². The molecule has 4 heteroatoms. The van der Waals surface area contributed by atoms with Gasteiger partial charge in [-0.15, -0.1) is 0 Å². The van der Waals surface area contributed by atoms with Crippen LogP contribution >= 0.6 is 0 Å². The Morgan fingerprint density at radius 3 is 3.11 bits per heavy atom. The molecule has 0 spiro atoms. The summed E-state index contributed by atoms with van der Waals surface area (Å²) >= 11 is 0. The lowest BCUT2D eigenvalue weighted by atomic mass is 10.3. The largest absolute Gasteiger partial charge is 0.387 e. The summed E-state index contributed by atoms with van der Waals surface area (Å²) in [5.74, 6) is -0.657. The zero-order valence-corrected chi connectivity index (χ0v) is 4.59. The van der Waals surface area contributed by atoms with Crippen molar-refractivity contribution in [1.82, 2.24) is 5.48 Å². The van der Waals surface area contributed by atoms with Crippen LogP contribution in [0.2, 0.25) is 0 Å². The van der Waals surface area contributed by atoms with Crippen molar-refractivity contribution < 1.29 is 14.4 Å². The first kappa shape index (κ1) is 5.81. The maximum atomic E-state index is 10.5. The summed E-state index contributed by atoms with van der Waals surface area (Å²) < 4.78 is 0. The van der Waals surface area contributed by atoms with Crippen LogP contribution < -0.4 is 5.48 Å². The van der Waals surface area contributed by atoms with Gasteiger partial charge in [0.2, 0.25) is 0 Å². The molecule has 0 aromatic carbocycles. The van der Waals surface area contributed by atoms with E-state index in [0.29, 0.717) is 0 Å². The molecule has 1 amide bonds. The van der Waals surface area contributed by atoms with Crippen LogP contribution in [0.5, 0.6) is 0 Å². The molecule has 0 atom stereocenters. The minimum Gasteiger partial charge on any atom is -0.387 e. The Balaban J connectivity index is 2.61. The zero-order valence-electron chi connectivity index (χ0n) is 4.59. The average Bonchev–Trinajstić information content (AvgIpc) is 1.93. The molecule has 48 valence electrons.